The number of hydrogen-bond acceptors (Lipinski definition) is 4. The summed E-state index contributed by atoms with van der Waals surface area (Å²) in [6.07, 6.45) is 1.72. The fourth-order valence-electron chi connectivity index (χ4n) is 4.20. The molecule has 1 amide bonds. The Bertz CT molecular complexity index is 1370. The molecular weight excluding hydrogens is 436 g/mol. The molecule has 0 fully saturated rings. The van der Waals surface area contributed by atoms with E-state index >= 15 is 0 Å². The first-order valence-corrected chi connectivity index (χ1v) is 11.7. The third-order valence-corrected chi connectivity index (χ3v) is 6.18. The normalized spacial score (nSPS) is 12.6. The van der Waals surface area contributed by atoms with Crippen LogP contribution in [-0.2, 0) is 0 Å². The minimum Gasteiger partial charge on any atom is -0.360 e. The molecule has 0 saturated carbocycles. The van der Waals surface area contributed by atoms with Crippen molar-refractivity contribution in [3.63, 3.8) is 0 Å². The first-order valence-electron chi connectivity index (χ1n) is 11.7. The maximum atomic E-state index is 13.8. The van der Waals surface area contributed by atoms with E-state index < -0.39 is 6.04 Å². The van der Waals surface area contributed by atoms with Crippen LogP contribution < -0.4 is 10.6 Å². The van der Waals surface area contributed by atoms with Crippen molar-refractivity contribution in [1.29, 1.82) is 5.26 Å². The number of hydrogen-bond donors (Lipinski definition) is 3. The van der Waals surface area contributed by atoms with Crippen LogP contribution in [0.3, 0.4) is 0 Å². The van der Waals surface area contributed by atoms with E-state index in [4.69, 9.17) is 5.26 Å². The van der Waals surface area contributed by atoms with Gasteiger partial charge >= 0.3 is 0 Å². The smallest absolute Gasteiger partial charge is 0.251 e. The van der Waals surface area contributed by atoms with E-state index in [1.165, 1.54) is 0 Å². The van der Waals surface area contributed by atoms with Gasteiger partial charge in [0.2, 0.25) is 0 Å². The Kier molecular flexibility index (Phi) is 7.39. The summed E-state index contributed by atoms with van der Waals surface area (Å²) in [5.74, 6) is -0.0397. The van der Waals surface area contributed by atoms with Crippen LogP contribution in [0.2, 0.25) is 0 Å². The molecule has 0 aliphatic rings. The fourth-order valence-corrected chi connectivity index (χ4v) is 4.20. The molecule has 4 rings (SSSR count). The highest BCUT2D eigenvalue weighted by atomic mass is 16.1. The van der Waals surface area contributed by atoms with Crippen LogP contribution in [0.5, 0.6) is 0 Å². The van der Waals surface area contributed by atoms with Gasteiger partial charge in [-0.15, -0.1) is 0 Å². The van der Waals surface area contributed by atoms with Crippen molar-refractivity contribution in [2.24, 2.45) is 0 Å². The summed E-state index contributed by atoms with van der Waals surface area (Å²) in [4.78, 5) is 29.1. The Morgan fingerprint density at radius 2 is 1.74 bits per heavy atom. The summed E-state index contributed by atoms with van der Waals surface area (Å²) in [6, 6.07) is 24.2. The first kappa shape index (κ1) is 23.9. The predicted octanol–water partition coefficient (Wildman–Crippen LogP) is 5.11. The van der Waals surface area contributed by atoms with Gasteiger partial charge in [-0.05, 0) is 48.2 Å². The maximum Gasteiger partial charge on any atom is 0.251 e. The van der Waals surface area contributed by atoms with Gasteiger partial charge in [-0.25, -0.2) is 0 Å². The van der Waals surface area contributed by atoms with Gasteiger partial charge in [0.15, 0.2) is 5.78 Å². The summed E-state index contributed by atoms with van der Waals surface area (Å²) in [6.45, 7) is 5.10. The average Bonchev–Trinajstić information content (AvgIpc) is 3.32. The van der Waals surface area contributed by atoms with Gasteiger partial charge in [0.25, 0.3) is 5.91 Å². The van der Waals surface area contributed by atoms with Crippen LogP contribution in [0.4, 0.5) is 0 Å². The lowest BCUT2D eigenvalue weighted by Crippen LogP contribution is -2.31. The monoisotopic (exact) mass is 464 g/mol. The van der Waals surface area contributed by atoms with E-state index in [0.29, 0.717) is 29.8 Å². The number of aromatic nitrogens is 1. The molecule has 6 heteroatoms. The van der Waals surface area contributed by atoms with E-state index in [-0.39, 0.29) is 17.6 Å². The highest BCUT2D eigenvalue weighted by Gasteiger charge is 2.25. The summed E-state index contributed by atoms with van der Waals surface area (Å²) >= 11 is 0. The largest absolute Gasteiger partial charge is 0.360 e. The molecule has 1 heterocycles. The third-order valence-electron chi connectivity index (χ3n) is 6.18. The quantitative estimate of drug-likeness (QED) is 0.300. The number of carbonyl (C=O) groups is 2. The topological polar surface area (TPSA) is 97.8 Å². The zero-order valence-electron chi connectivity index (χ0n) is 19.8. The number of Topliss-reactive ketones (excluding diaryl/α,β-unsaturated/α-hetero) is 1. The van der Waals surface area contributed by atoms with Gasteiger partial charge in [-0.1, -0.05) is 55.5 Å². The lowest BCUT2D eigenvalue weighted by molar-refractivity contribution is 0.0940. The Labute approximate surface area is 205 Å². The van der Waals surface area contributed by atoms with Crippen LogP contribution in [0.25, 0.3) is 10.9 Å². The van der Waals surface area contributed by atoms with Crippen LogP contribution in [0.1, 0.15) is 63.2 Å². The van der Waals surface area contributed by atoms with Crippen LogP contribution in [0.15, 0.2) is 79.0 Å². The minimum atomic E-state index is -0.529. The van der Waals surface area contributed by atoms with E-state index in [1.54, 1.807) is 18.3 Å². The molecule has 4 aromatic rings. The number of aromatic amines is 1. The molecule has 1 aromatic heterocycles. The Morgan fingerprint density at radius 1 is 1.00 bits per heavy atom. The van der Waals surface area contributed by atoms with Gasteiger partial charge in [-0.3, -0.25) is 9.59 Å². The predicted molar refractivity (Wildman–Crippen MR) is 137 cm³/mol. The average molecular weight is 465 g/mol. The molecule has 0 radical (unpaired) electrons. The molecule has 0 aliphatic carbocycles. The minimum absolute atomic E-state index is 0.0414. The van der Waals surface area contributed by atoms with Crippen molar-refractivity contribution in [2.45, 2.75) is 25.8 Å². The summed E-state index contributed by atoms with van der Waals surface area (Å²) in [5.41, 5.74) is 4.48. The fraction of sp³-hybridized carbons (Fsp3) is 0.207. The summed E-state index contributed by atoms with van der Waals surface area (Å²) < 4.78 is 0. The summed E-state index contributed by atoms with van der Waals surface area (Å²) in [7, 11) is 0. The molecule has 2 atom stereocenters. The Morgan fingerprint density at radius 3 is 2.43 bits per heavy atom. The molecule has 6 nitrogen and oxygen atoms in total. The van der Waals surface area contributed by atoms with Crippen molar-refractivity contribution in [3.05, 3.63) is 107 Å². The second-order valence-electron chi connectivity index (χ2n) is 8.57. The van der Waals surface area contributed by atoms with E-state index in [2.05, 4.69) is 28.6 Å². The number of nitriles is 1. The van der Waals surface area contributed by atoms with Crippen molar-refractivity contribution in [1.82, 2.24) is 15.6 Å². The van der Waals surface area contributed by atoms with E-state index in [0.717, 1.165) is 22.0 Å². The lowest BCUT2D eigenvalue weighted by Gasteiger charge is -2.21. The molecule has 0 bridgehead atoms. The molecule has 0 unspecified atom stereocenters. The maximum absolute atomic E-state index is 13.8. The molecule has 0 saturated heterocycles. The standard InChI is InChI=1S/C29H28N4O2/c1-3-31-29(35)23-13-14-24-25(18-32-26(24)15-23)28(34)27(22-7-5-4-6-8-22)33-17-19(2)21-11-9-20(16-30)10-12-21/h4-15,18-19,27,32-33H,3,17H2,1-2H3,(H,31,35)/t19-,27-/m1/s1. The SMILES string of the molecule is CCNC(=O)c1ccc2c(C(=O)[C@H](NC[C@@H](C)c3ccc(C#N)cc3)c3ccccc3)c[nH]c2c1. The van der Waals surface area contributed by atoms with Gasteiger partial charge in [0.1, 0.15) is 0 Å². The van der Waals surface area contributed by atoms with Crippen molar-refractivity contribution in [3.8, 4) is 6.07 Å². The Balaban J connectivity index is 1.59. The highest BCUT2D eigenvalue weighted by Crippen LogP contribution is 2.26. The molecule has 3 N–H and O–H groups in total. The van der Waals surface area contributed by atoms with Gasteiger partial charge < -0.3 is 15.6 Å². The molecule has 0 spiro atoms. The number of fused-ring (bicyclic) bond motifs is 1. The number of amides is 1. The second-order valence-corrected chi connectivity index (χ2v) is 8.57. The first-order chi connectivity index (χ1) is 17.0. The number of carbonyl (C=O) groups excluding carboxylic acids is 2. The number of ketones is 1. The van der Waals surface area contributed by atoms with Crippen LogP contribution in [-0.4, -0.2) is 29.8 Å². The zero-order valence-corrected chi connectivity index (χ0v) is 19.8. The molecule has 35 heavy (non-hydrogen) atoms. The van der Waals surface area contributed by atoms with Crippen molar-refractivity contribution < 1.29 is 9.59 Å². The van der Waals surface area contributed by atoms with Gasteiger partial charge in [0, 0.05) is 41.3 Å². The highest BCUT2D eigenvalue weighted by molar-refractivity contribution is 6.11. The van der Waals surface area contributed by atoms with Crippen molar-refractivity contribution in [2.75, 3.05) is 13.1 Å². The van der Waals surface area contributed by atoms with Crippen LogP contribution in [0, 0.1) is 11.3 Å². The van der Waals surface area contributed by atoms with Crippen molar-refractivity contribution >= 4 is 22.6 Å². The van der Waals surface area contributed by atoms with E-state index in [9.17, 15) is 9.59 Å². The number of nitrogens with zero attached hydrogens (tertiary/aromatic N) is 1. The van der Waals surface area contributed by atoms with Gasteiger partial charge in [-0.2, -0.15) is 5.26 Å². The van der Waals surface area contributed by atoms with E-state index in [1.807, 2.05) is 67.6 Å². The second kappa shape index (κ2) is 10.8. The third kappa shape index (κ3) is 5.32. The lowest BCUT2D eigenvalue weighted by atomic mass is 9.95. The summed E-state index contributed by atoms with van der Waals surface area (Å²) in [5, 5.41) is 16.1. The Hall–Kier alpha value is -4.21. The molecule has 3 aromatic carbocycles. The number of nitrogens with one attached hydrogen (secondary N) is 3. The molecule has 0 aliphatic heterocycles. The van der Waals surface area contributed by atoms with Gasteiger partial charge in [0.05, 0.1) is 17.7 Å². The number of rotatable bonds is 9. The molecule has 176 valence electrons. The number of benzene rings is 3. The molecular formula is C29H28N4O2. The number of H-pyrrole nitrogens is 1. The van der Waals surface area contributed by atoms with Crippen LogP contribution >= 0.6 is 0 Å². The zero-order chi connectivity index (χ0) is 24.8.